The van der Waals surface area contributed by atoms with Gasteiger partial charge in [0.15, 0.2) is 0 Å². The zero-order valence-corrected chi connectivity index (χ0v) is 17.3. The maximum absolute atomic E-state index is 12.4. The highest BCUT2D eigenvalue weighted by molar-refractivity contribution is 7.86. The molecule has 3 heterocycles. The lowest BCUT2D eigenvalue weighted by Crippen LogP contribution is -2.41. The van der Waals surface area contributed by atoms with E-state index in [4.69, 9.17) is 19.4 Å². The summed E-state index contributed by atoms with van der Waals surface area (Å²) in [6.07, 6.45) is -1.58. The van der Waals surface area contributed by atoms with Crippen LogP contribution in [0.1, 0.15) is 5.56 Å². The smallest absolute Gasteiger partial charge is 0.475 e. The summed E-state index contributed by atoms with van der Waals surface area (Å²) in [6, 6.07) is 3.84. The average Bonchev–Trinajstić information content (AvgIpc) is 3.20. The molecule has 2 saturated heterocycles. The quantitative estimate of drug-likeness (QED) is 0.681. The number of aliphatic carboxylic acids is 1. The van der Waals surface area contributed by atoms with Crippen LogP contribution >= 0.6 is 0 Å². The molecule has 0 bridgehead atoms. The van der Waals surface area contributed by atoms with Crippen LogP contribution in [0.15, 0.2) is 24.5 Å². The number of ether oxygens (including phenoxy) is 2. The zero-order chi connectivity index (χ0) is 22.6. The predicted molar refractivity (Wildman–Crippen MR) is 98.5 cm³/mol. The molecule has 0 amide bonds. The number of carboxylic acid groups (broad SMARTS) is 1. The molecule has 1 N–H and O–H groups in total. The van der Waals surface area contributed by atoms with Gasteiger partial charge in [0.2, 0.25) is 0 Å². The molecule has 2 atom stereocenters. The lowest BCUT2D eigenvalue weighted by molar-refractivity contribution is -0.192. The van der Waals surface area contributed by atoms with Gasteiger partial charge in [-0.1, -0.05) is 6.07 Å². The molecule has 2 aliphatic heterocycles. The van der Waals surface area contributed by atoms with Crippen LogP contribution in [0.5, 0.6) is 0 Å². The van der Waals surface area contributed by atoms with Crippen molar-refractivity contribution < 1.29 is 41.0 Å². The van der Waals surface area contributed by atoms with Gasteiger partial charge in [-0.2, -0.15) is 30.2 Å². The molecular weight excluding hydrogens is 431 g/mol. The molecule has 2 fully saturated rings. The molecule has 0 radical (unpaired) electrons. The minimum absolute atomic E-state index is 0.186. The van der Waals surface area contributed by atoms with Crippen molar-refractivity contribution in [1.29, 1.82) is 0 Å². The Morgan fingerprint density at radius 3 is 2.67 bits per heavy atom. The Morgan fingerprint density at radius 1 is 1.47 bits per heavy atom. The van der Waals surface area contributed by atoms with E-state index in [9.17, 15) is 21.6 Å². The summed E-state index contributed by atoms with van der Waals surface area (Å²) >= 11 is 0. The summed E-state index contributed by atoms with van der Waals surface area (Å²) in [5, 5.41) is 7.12. The number of carboxylic acids is 1. The molecule has 2 aliphatic rings. The van der Waals surface area contributed by atoms with Gasteiger partial charge in [-0.25, -0.2) is 4.79 Å². The van der Waals surface area contributed by atoms with Crippen LogP contribution in [0, 0.1) is 11.3 Å². The van der Waals surface area contributed by atoms with E-state index in [0.717, 1.165) is 5.56 Å². The summed E-state index contributed by atoms with van der Waals surface area (Å²) in [5.74, 6) is -2.57. The van der Waals surface area contributed by atoms with Crippen LogP contribution in [0.3, 0.4) is 0 Å². The van der Waals surface area contributed by atoms with Crippen molar-refractivity contribution in [2.24, 2.45) is 11.3 Å². The minimum Gasteiger partial charge on any atom is -0.475 e. The molecule has 0 aliphatic carbocycles. The lowest BCUT2D eigenvalue weighted by atomic mass is 9.82. The van der Waals surface area contributed by atoms with Crippen LogP contribution in [-0.4, -0.2) is 86.3 Å². The van der Waals surface area contributed by atoms with E-state index in [1.54, 1.807) is 30.8 Å². The third kappa shape index (κ3) is 5.88. The van der Waals surface area contributed by atoms with Gasteiger partial charge in [0, 0.05) is 50.9 Å². The van der Waals surface area contributed by atoms with Crippen molar-refractivity contribution in [3.8, 4) is 0 Å². The van der Waals surface area contributed by atoms with Crippen LogP contribution < -0.4 is 0 Å². The fourth-order valence-electron chi connectivity index (χ4n) is 3.25. The Balaban J connectivity index is 0.000000396. The molecule has 13 heteroatoms. The first-order chi connectivity index (χ1) is 13.9. The monoisotopic (exact) mass is 455 g/mol. The van der Waals surface area contributed by atoms with Gasteiger partial charge >= 0.3 is 12.1 Å². The molecule has 30 heavy (non-hydrogen) atoms. The van der Waals surface area contributed by atoms with Crippen molar-refractivity contribution in [3.05, 3.63) is 30.1 Å². The zero-order valence-electron chi connectivity index (χ0n) is 16.5. The van der Waals surface area contributed by atoms with E-state index in [1.165, 1.54) is 4.31 Å². The van der Waals surface area contributed by atoms with Crippen molar-refractivity contribution in [1.82, 2.24) is 13.6 Å². The van der Waals surface area contributed by atoms with E-state index >= 15 is 0 Å². The van der Waals surface area contributed by atoms with Gasteiger partial charge in [-0.15, -0.1) is 0 Å². The molecular formula is C17H24F3N3O6S. The number of pyridine rings is 1. The molecule has 0 unspecified atom stereocenters. The van der Waals surface area contributed by atoms with Crippen LogP contribution in [0.2, 0.25) is 0 Å². The van der Waals surface area contributed by atoms with Gasteiger partial charge in [-0.05, 0) is 11.6 Å². The Morgan fingerprint density at radius 2 is 2.13 bits per heavy atom. The van der Waals surface area contributed by atoms with E-state index in [1.807, 2.05) is 12.1 Å². The third-order valence-corrected chi connectivity index (χ3v) is 6.75. The molecule has 1 aromatic heterocycles. The van der Waals surface area contributed by atoms with Crippen molar-refractivity contribution >= 4 is 16.2 Å². The summed E-state index contributed by atoms with van der Waals surface area (Å²) in [4.78, 5) is 13.0. The summed E-state index contributed by atoms with van der Waals surface area (Å²) < 4.78 is 70.8. The Kier molecular flexibility index (Phi) is 7.80. The first-order valence-corrected chi connectivity index (χ1v) is 10.3. The molecule has 0 aromatic carbocycles. The first-order valence-electron chi connectivity index (χ1n) is 8.90. The first kappa shape index (κ1) is 24.5. The van der Waals surface area contributed by atoms with E-state index in [0.29, 0.717) is 39.5 Å². The molecule has 0 saturated carbocycles. The van der Waals surface area contributed by atoms with Crippen molar-refractivity contribution in [3.63, 3.8) is 0 Å². The molecule has 3 rings (SSSR count). The number of nitrogens with zero attached hydrogens (tertiary/aromatic N) is 3. The van der Waals surface area contributed by atoms with Gasteiger partial charge in [0.1, 0.15) is 0 Å². The number of carbonyl (C=O) groups is 1. The predicted octanol–water partition coefficient (Wildman–Crippen LogP) is 0.986. The largest absolute Gasteiger partial charge is 0.490 e. The molecule has 0 spiro atoms. The highest BCUT2D eigenvalue weighted by Crippen LogP contribution is 2.42. The van der Waals surface area contributed by atoms with E-state index in [2.05, 4.69) is 4.98 Å². The van der Waals surface area contributed by atoms with Gasteiger partial charge in [-0.3, -0.25) is 4.98 Å². The van der Waals surface area contributed by atoms with Crippen LogP contribution in [0.25, 0.3) is 0 Å². The number of rotatable bonds is 6. The number of halogens is 3. The maximum Gasteiger partial charge on any atom is 0.490 e. The maximum atomic E-state index is 12.4. The van der Waals surface area contributed by atoms with Crippen molar-refractivity contribution in [2.45, 2.75) is 12.8 Å². The fourth-order valence-corrected chi connectivity index (χ4v) is 4.50. The standard InChI is InChI=1S/C15H23N3O4S.C2HF3O2/c1-17(2)23(19,20)18-7-14-9-22-12-15(14,10-18)11-21-8-13-4-3-5-16-6-13;3-2(4,5)1(6)7/h3-6,14H,7-12H2,1-2H3;(H,6,7)/t14-,15-;/m1./s1. The highest BCUT2D eigenvalue weighted by atomic mass is 32.2. The third-order valence-electron chi connectivity index (χ3n) is 4.90. The van der Waals surface area contributed by atoms with E-state index < -0.39 is 22.4 Å². The number of hydrogen-bond donors (Lipinski definition) is 1. The summed E-state index contributed by atoms with van der Waals surface area (Å²) in [6.45, 7) is 3.05. The number of fused-ring (bicyclic) bond motifs is 1. The molecule has 170 valence electrons. The average molecular weight is 455 g/mol. The molecule has 9 nitrogen and oxygen atoms in total. The number of alkyl halides is 3. The SMILES string of the molecule is CN(C)S(=O)(=O)N1C[C@@H]2COC[C@]2(COCc2cccnc2)C1.O=C(O)C(F)(F)F. The van der Waals surface area contributed by atoms with Crippen LogP contribution in [-0.2, 0) is 31.1 Å². The van der Waals surface area contributed by atoms with E-state index in [-0.39, 0.29) is 11.3 Å². The van der Waals surface area contributed by atoms with Gasteiger partial charge < -0.3 is 14.6 Å². The summed E-state index contributed by atoms with van der Waals surface area (Å²) in [7, 11) is -0.266. The number of aromatic nitrogens is 1. The fraction of sp³-hybridized carbons (Fsp3) is 0.647. The Bertz CT molecular complexity index is 822. The topological polar surface area (TPSA) is 109 Å². The normalized spacial score (nSPS) is 24.4. The summed E-state index contributed by atoms with van der Waals surface area (Å²) in [5.41, 5.74) is 0.765. The Hall–Kier alpha value is -1.80. The van der Waals surface area contributed by atoms with Gasteiger partial charge in [0.25, 0.3) is 10.2 Å². The second kappa shape index (κ2) is 9.56. The second-order valence-electron chi connectivity index (χ2n) is 7.31. The minimum atomic E-state index is -5.08. The van der Waals surface area contributed by atoms with Crippen LogP contribution in [0.4, 0.5) is 13.2 Å². The number of hydrogen-bond acceptors (Lipinski definition) is 6. The lowest BCUT2D eigenvalue weighted by Gasteiger charge is -2.27. The van der Waals surface area contributed by atoms with Crippen molar-refractivity contribution in [2.75, 3.05) is 47.0 Å². The molecule has 1 aromatic rings. The van der Waals surface area contributed by atoms with Gasteiger partial charge in [0.05, 0.1) is 26.4 Å². The second-order valence-corrected chi connectivity index (χ2v) is 9.46. The Labute approximate surface area is 172 Å². The highest BCUT2D eigenvalue weighted by Gasteiger charge is 2.53.